The lowest BCUT2D eigenvalue weighted by atomic mass is 10.1. The number of halogens is 2. The lowest BCUT2D eigenvalue weighted by Crippen LogP contribution is -2.22. The molecule has 0 saturated heterocycles. The summed E-state index contributed by atoms with van der Waals surface area (Å²) >= 11 is 11.5. The van der Waals surface area contributed by atoms with Gasteiger partial charge in [-0.15, -0.1) is 11.3 Å². The highest BCUT2D eigenvalue weighted by Crippen LogP contribution is 2.32. The molecule has 19 heavy (non-hydrogen) atoms. The maximum absolute atomic E-state index is 6.21. The summed E-state index contributed by atoms with van der Waals surface area (Å²) in [6.07, 6.45) is 1.12. The first kappa shape index (κ1) is 15.0. The SMILES string of the molecule is CCCNC(c1ccc(Br)c(Cl)c1)c1ccc(C)s1. The van der Waals surface area contributed by atoms with E-state index in [0.29, 0.717) is 0 Å². The van der Waals surface area contributed by atoms with Crippen molar-refractivity contribution in [3.63, 3.8) is 0 Å². The largest absolute Gasteiger partial charge is 0.306 e. The Kier molecular flexibility index (Phi) is 5.46. The van der Waals surface area contributed by atoms with Crippen LogP contribution in [0.3, 0.4) is 0 Å². The van der Waals surface area contributed by atoms with Crippen molar-refractivity contribution in [2.75, 3.05) is 6.54 Å². The molecule has 1 aromatic heterocycles. The second-order valence-corrected chi connectivity index (χ2v) is 7.09. The molecule has 1 N–H and O–H groups in total. The second-order valence-electron chi connectivity index (χ2n) is 4.51. The lowest BCUT2D eigenvalue weighted by molar-refractivity contribution is 0.606. The van der Waals surface area contributed by atoms with Crippen LogP contribution in [0.4, 0.5) is 0 Å². The fourth-order valence-electron chi connectivity index (χ4n) is 1.97. The van der Waals surface area contributed by atoms with Crippen LogP contribution in [-0.2, 0) is 0 Å². The predicted octanol–water partition coefficient (Wildman–Crippen LogP) is 5.56. The molecule has 4 heteroatoms. The standard InChI is InChI=1S/C15H17BrClNS/c1-3-8-18-15(14-7-4-10(2)19-14)11-5-6-12(16)13(17)9-11/h4-7,9,15,18H,3,8H2,1-2H3. The summed E-state index contributed by atoms with van der Waals surface area (Å²) in [7, 11) is 0. The quantitative estimate of drug-likeness (QED) is 0.737. The average Bonchev–Trinajstić information content (AvgIpc) is 2.80. The van der Waals surface area contributed by atoms with Crippen LogP contribution in [0.5, 0.6) is 0 Å². The summed E-state index contributed by atoms with van der Waals surface area (Å²) in [5.41, 5.74) is 1.21. The molecular formula is C15H17BrClNS. The van der Waals surface area contributed by atoms with Gasteiger partial charge in [0.25, 0.3) is 0 Å². The molecule has 0 spiro atoms. The van der Waals surface area contributed by atoms with E-state index in [4.69, 9.17) is 11.6 Å². The van der Waals surface area contributed by atoms with Crippen LogP contribution < -0.4 is 5.32 Å². The van der Waals surface area contributed by atoms with Crippen molar-refractivity contribution in [2.24, 2.45) is 0 Å². The van der Waals surface area contributed by atoms with Crippen molar-refractivity contribution < 1.29 is 0 Å². The molecule has 0 aliphatic heterocycles. The smallest absolute Gasteiger partial charge is 0.0671 e. The summed E-state index contributed by atoms with van der Waals surface area (Å²) in [5, 5.41) is 4.36. The normalized spacial score (nSPS) is 12.6. The Morgan fingerprint density at radius 3 is 2.68 bits per heavy atom. The van der Waals surface area contributed by atoms with E-state index in [0.717, 1.165) is 22.5 Å². The molecule has 1 aromatic carbocycles. The third-order valence-electron chi connectivity index (χ3n) is 2.92. The van der Waals surface area contributed by atoms with Crippen LogP contribution in [0, 0.1) is 6.92 Å². The van der Waals surface area contributed by atoms with E-state index in [9.17, 15) is 0 Å². The molecule has 2 aromatic rings. The fraction of sp³-hybridized carbons (Fsp3) is 0.333. The molecule has 0 aliphatic rings. The molecule has 1 nitrogen and oxygen atoms in total. The molecule has 1 atom stereocenters. The zero-order valence-electron chi connectivity index (χ0n) is 11.0. The van der Waals surface area contributed by atoms with E-state index >= 15 is 0 Å². The summed E-state index contributed by atoms with van der Waals surface area (Å²) in [5.74, 6) is 0. The Bertz CT molecular complexity index is 553. The van der Waals surface area contributed by atoms with Crippen molar-refractivity contribution in [1.82, 2.24) is 5.32 Å². The molecule has 0 aliphatic carbocycles. The van der Waals surface area contributed by atoms with Crippen molar-refractivity contribution in [3.8, 4) is 0 Å². The Morgan fingerprint density at radius 2 is 2.11 bits per heavy atom. The molecule has 1 unspecified atom stereocenters. The van der Waals surface area contributed by atoms with Crippen molar-refractivity contribution in [3.05, 3.63) is 55.1 Å². The minimum atomic E-state index is 0.226. The van der Waals surface area contributed by atoms with Gasteiger partial charge in [-0.3, -0.25) is 0 Å². The van der Waals surface area contributed by atoms with Crippen LogP contribution in [0.2, 0.25) is 5.02 Å². The van der Waals surface area contributed by atoms with Gasteiger partial charge < -0.3 is 5.32 Å². The first-order valence-electron chi connectivity index (χ1n) is 6.36. The van der Waals surface area contributed by atoms with E-state index in [1.54, 1.807) is 0 Å². The van der Waals surface area contributed by atoms with Gasteiger partial charge in [0.05, 0.1) is 11.1 Å². The van der Waals surface area contributed by atoms with Crippen molar-refractivity contribution in [2.45, 2.75) is 26.3 Å². The van der Waals surface area contributed by atoms with Crippen LogP contribution in [-0.4, -0.2) is 6.54 Å². The first-order chi connectivity index (χ1) is 9.11. The molecule has 1 heterocycles. The van der Waals surface area contributed by atoms with E-state index in [-0.39, 0.29) is 6.04 Å². The van der Waals surface area contributed by atoms with E-state index in [1.807, 2.05) is 23.5 Å². The molecule has 0 radical (unpaired) electrons. The maximum Gasteiger partial charge on any atom is 0.0671 e. The molecular weight excluding hydrogens is 342 g/mol. The minimum absolute atomic E-state index is 0.226. The van der Waals surface area contributed by atoms with Gasteiger partial charge in [0.15, 0.2) is 0 Å². The monoisotopic (exact) mass is 357 g/mol. The number of nitrogens with one attached hydrogen (secondary N) is 1. The van der Waals surface area contributed by atoms with Crippen LogP contribution in [0.15, 0.2) is 34.8 Å². The molecule has 2 rings (SSSR count). The van der Waals surface area contributed by atoms with E-state index in [2.05, 4.69) is 53.3 Å². The van der Waals surface area contributed by atoms with Gasteiger partial charge in [-0.05, 0) is 65.6 Å². The van der Waals surface area contributed by atoms with Gasteiger partial charge in [0, 0.05) is 14.2 Å². The zero-order chi connectivity index (χ0) is 13.8. The molecule has 102 valence electrons. The summed E-state index contributed by atoms with van der Waals surface area (Å²) in [6.45, 7) is 5.31. The summed E-state index contributed by atoms with van der Waals surface area (Å²) in [4.78, 5) is 2.67. The van der Waals surface area contributed by atoms with Crippen LogP contribution >= 0.6 is 38.9 Å². The highest BCUT2D eigenvalue weighted by molar-refractivity contribution is 9.10. The zero-order valence-corrected chi connectivity index (χ0v) is 14.2. The van der Waals surface area contributed by atoms with Gasteiger partial charge in [0.1, 0.15) is 0 Å². The lowest BCUT2D eigenvalue weighted by Gasteiger charge is -2.18. The number of hydrogen-bond donors (Lipinski definition) is 1. The highest BCUT2D eigenvalue weighted by atomic mass is 79.9. The highest BCUT2D eigenvalue weighted by Gasteiger charge is 2.16. The topological polar surface area (TPSA) is 12.0 Å². The Balaban J connectivity index is 2.33. The Labute approximate surface area is 132 Å². The first-order valence-corrected chi connectivity index (χ1v) is 8.35. The van der Waals surface area contributed by atoms with Gasteiger partial charge in [-0.2, -0.15) is 0 Å². The third-order valence-corrected chi connectivity index (χ3v) is 5.22. The predicted molar refractivity (Wildman–Crippen MR) is 88.3 cm³/mol. The summed E-state index contributed by atoms with van der Waals surface area (Å²) < 4.78 is 0.939. The van der Waals surface area contributed by atoms with Crippen LogP contribution in [0.25, 0.3) is 0 Å². The number of rotatable bonds is 5. The number of hydrogen-bond acceptors (Lipinski definition) is 2. The molecule has 0 amide bonds. The average molecular weight is 359 g/mol. The maximum atomic E-state index is 6.21. The van der Waals surface area contributed by atoms with E-state index < -0.39 is 0 Å². The van der Waals surface area contributed by atoms with Gasteiger partial charge >= 0.3 is 0 Å². The molecule has 0 fully saturated rings. The van der Waals surface area contributed by atoms with Crippen molar-refractivity contribution >= 4 is 38.9 Å². The molecule has 0 saturated carbocycles. The van der Waals surface area contributed by atoms with E-state index in [1.165, 1.54) is 15.3 Å². The Hall–Kier alpha value is -0.350. The second kappa shape index (κ2) is 6.89. The van der Waals surface area contributed by atoms with Gasteiger partial charge in [-0.1, -0.05) is 24.6 Å². The van der Waals surface area contributed by atoms with Crippen LogP contribution in [0.1, 0.15) is 34.7 Å². The van der Waals surface area contributed by atoms with Gasteiger partial charge in [-0.25, -0.2) is 0 Å². The van der Waals surface area contributed by atoms with Gasteiger partial charge in [0.2, 0.25) is 0 Å². The molecule has 0 bridgehead atoms. The fourth-order valence-corrected chi connectivity index (χ4v) is 3.39. The number of benzene rings is 1. The minimum Gasteiger partial charge on any atom is -0.306 e. The number of aryl methyl sites for hydroxylation is 1. The van der Waals surface area contributed by atoms with Crippen molar-refractivity contribution in [1.29, 1.82) is 0 Å². The third kappa shape index (κ3) is 3.82. The summed E-state index contributed by atoms with van der Waals surface area (Å²) in [6, 6.07) is 10.8. The number of thiophene rings is 1. The Morgan fingerprint density at radius 1 is 1.32 bits per heavy atom.